The van der Waals surface area contributed by atoms with Crippen molar-refractivity contribution >= 4 is 6.03 Å². The number of hydrogen-bond acceptors (Lipinski definition) is 5. The molecule has 0 bridgehead atoms. The number of benzene rings is 2. The predicted octanol–water partition coefficient (Wildman–Crippen LogP) is 3.30. The molecule has 1 N–H and O–H groups in total. The number of hydrogen-bond donors (Lipinski definition) is 1. The third-order valence-electron chi connectivity index (χ3n) is 5.41. The zero-order valence-corrected chi connectivity index (χ0v) is 17.0. The first-order chi connectivity index (χ1) is 14.1. The molecule has 7 heteroatoms. The normalized spacial score (nSPS) is 15.9. The summed E-state index contributed by atoms with van der Waals surface area (Å²) in [7, 11) is 3.25. The second kappa shape index (κ2) is 8.11. The van der Waals surface area contributed by atoms with Gasteiger partial charge in [0.25, 0.3) is 0 Å². The number of ether oxygens (including phenoxy) is 4. The summed E-state index contributed by atoms with van der Waals surface area (Å²) in [6, 6.07) is 9.50. The minimum Gasteiger partial charge on any atom is -0.493 e. The van der Waals surface area contributed by atoms with Crippen molar-refractivity contribution in [2.45, 2.75) is 25.9 Å². The maximum absolute atomic E-state index is 12.9. The van der Waals surface area contributed by atoms with Gasteiger partial charge in [0.2, 0.25) is 0 Å². The first-order valence-electron chi connectivity index (χ1n) is 9.78. The van der Waals surface area contributed by atoms with Crippen LogP contribution in [0.2, 0.25) is 0 Å². The maximum Gasteiger partial charge on any atom is 0.318 e. The van der Waals surface area contributed by atoms with E-state index in [-0.39, 0.29) is 12.1 Å². The molecule has 0 fully saturated rings. The number of urea groups is 1. The zero-order valence-electron chi connectivity index (χ0n) is 17.0. The lowest BCUT2D eigenvalue weighted by Gasteiger charge is -2.31. The van der Waals surface area contributed by atoms with Gasteiger partial charge in [-0.3, -0.25) is 0 Å². The average Bonchev–Trinajstić information content (AvgIpc) is 2.77. The quantitative estimate of drug-likeness (QED) is 0.856. The highest BCUT2D eigenvalue weighted by Gasteiger charge is 2.24. The van der Waals surface area contributed by atoms with Crippen LogP contribution < -0.4 is 24.3 Å². The molecule has 1 atom stereocenters. The SMILES string of the molecule is COc1cc2c(cc1OC)CN(C(=O)NC(C)c1ccc3c(c1)OCCO3)CC2. The number of methoxy groups -OCH3 is 2. The van der Waals surface area contributed by atoms with Crippen molar-refractivity contribution in [2.75, 3.05) is 34.0 Å². The van der Waals surface area contributed by atoms with Crippen LogP contribution >= 0.6 is 0 Å². The average molecular weight is 398 g/mol. The van der Waals surface area contributed by atoms with Crippen LogP contribution in [0.1, 0.15) is 29.7 Å². The van der Waals surface area contributed by atoms with Gasteiger partial charge in [0.15, 0.2) is 23.0 Å². The molecule has 7 nitrogen and oxygen atoms in total. The second-order valence-electron chi connectivity index (χ2n) is 7.22. The Hall–Kier alpha value is -3.09. The van der Waals surface area contributed by atoms with Crippen molar-refractivity contribution in [2.24, 2.45) is 0 Å². The molecule has 0 aliphatic carbocycles. The molecule has 2 amide bonds. The number of amides is 2. The van der Waals surface area contributed by atoms with Crippen LogP contribution in [0, 0.1) is 0 Å². The van der Waals surface area contributed by atoms with E-state index in [0.717, 1.165) is 34.8 Å². The Bertz CT molecular complexity index is 914. The molecule has 154 valence electrons. The smallest absolute Gasteiger partial charge is 0.318 e. The summed E-state index contributed by atoms with van der Waals surface area (Å²) >= 11 is 0. The van der Waals surface area contributed by atoms with Crippen molar-refractivity contribution in [1.29, 1.82) is 0 Å². The zero-order chi connectivity index (χ0) is 20.4. The molecule has 2 aromatic carbocycles. The fourth-order valence-corrected chi connectivity index (χ4v) is 3.75. The molecule has 29 heavy (non-hydrogen) atoms. The van der Waals surface area contributed by atoms with Gasteiger partial charge in [-0.15, -0.1) is 0 Å². The number of rotatable bonds is 4. The predicted molar refractivity (Wildman–Crippen MR) is 108 cm³/mol. The largest absolute Gasteiger partial charge is 0.493 e. The van der Waals surface area contributed by atoms with E-state index in [1.807, 2.05) is 42.2 Å². The number of carbonyl (C=O) groups is 1. The summed E-state index contributed by atoms with van der Waals surface area (Å²) in [5.41, 5.74) is 3.24. The molecular weight excluding hydrogens is 372 g/mol. The van der Waals surface area contributed by atoms with Crippen molar-refractivity contribution in [3.05, 3.63) is 47.0 Å². The lowest BCUT2D eigenvalue weighted by atomic mass is 9.99. The van der Waals surface area contributed by atoms with Crippen LogP contribution in [0.4, 0.5) is 4.79 Å². The third kappa shape index (κ3) is 3.90. The number of carbonyl (C=O) groups excluding carboxylic acids is 1. The standard InChI is InChI=1S/C22H26N2O5/c1-14(15-4-5-18-21(10-15)29-9-8-28-18)23-22(25)24-7-6-16-11-19(26-2)20(27-3)12-17(16)13-24/h4-5,10-12,14H,6-9,13H2,1-3H3,(H,23,25). The topological polar surface area (TPSA) is 69.3 Å². The number of nitrogens with one attached hydrogen (secondary N) is 1. The minimum atomic E-state index is -0.148. The van der Waals surface area contributed by atoms with Gasteiger partial charge in [0.05, 0.1) is 20.3 Å². The van der Waals surface area contributed by atoms with E-state index in [9.17, 15) is 4.79 Å². The monoisotopic (exact) mass is 398 g/mol. The summed E-state index contributed by atoms with van der Waals surface area (Å²) < 4.78 is 22.0. The third-order valence-corrected chi connectivity index (χ3v) is 5.41. The molecular formula is C22H26N2O5. The van der Waals surface area contributed by atoms with E-state index < -0.39 is 0 Å². The molecule has 0 spiro atoms. The molecule has 1 unspecified atom stereocenters. The van der Waals surface area contributed by atoms with Crippen LogP contribution in [0.5, 0.6) is 23.0 Å². The van der Waals surface area contributed by atoms with E-state index in [1.54, 1.807) is 14.2 Å². The molecule has 2 aliphatic rings. The van der Waals surface area contributed by atoms with Gasteiger partial charge in [-0.2, -0.15) is 0 Å². The highest BCUT2D eigenvalue weighted by molar-refractivity contribution is 5.75. The van der Waals surface area contributed by atoms with E-state index in [1.165, 1.54) is 5.56 Å². The highest BCUT2D eigenvalue weighted by atomic mass is 16.6. The molecule has 2 aromatic rings. The van der Waals surface area contributed by atoms with E-state index in [2.05, 4.69) is 5.32 Å². The molecule has 0 radical (unpaired) electrons. The molecule has 2 aliphatic heterocycles. The van der Waals surface area contributed by atoms with Crippen LogP contribution in [0.3, 0.4) is 0 Å². The van der Waals surface area contributed by atoms with Crippen LogP contribution in [-0.2, 0) is 13.0 Å². The number of fused-ring (bicyclic) bond motifs is 2. The Labute approximate surface area is 170 Å². The fraction of sp³-hybridized carbons (Fsp3) is 0.409. The van der Waals surface area contributed by atoms with Crippen molar-refractivity contribution in [1.82, 2.24) is 10.2 Å². The highest BCUT2D eigenvalue weighted by Crippen LogP contribution is 2.34. The van der Waals surface area contributed by atoms with Gasteiger partial charge in [0, 0.05) is 13.1 Å². The van der Waals surface area contributed by atoms with E-state index >= 15 is 0 Å². The summed E-state index contributed by atoms with van der Waals surface area (Å²) in [5, 5.41) is 3.09. The lowest BCUT2D eigenvalue weighted by Crippen LogP contribution is -2.43. The minimum absolute atomic E-state index is 0.0900. The molecule has 0 saturated heterocycles. The van der Waals surface area contributed by atoms with Gasteiger partial charge in [0.1, 0.15) is 13.2 Å². The molecule has 0 aromatic heterocycles. The van der Waals surface area contributed by atoms with Crippen LogP contribution in [0.15, 0.2) is 30.3 Å². The van der Waals surface area contributed by atoms with Gasteiger partial charge in [-0.05, 0) is 54.3 Å². The molecule has 4 rings (SSSR count). The van der Waals surface area contributed by atoms with Gasteiger partial charge in [-0.25, -0.2) is 4.79 Å². The Morgan fingerprint density at radius 2 is 1.72 bits per heavy atom. The summed E-state index contributed by atoms with van der Waals surface area (Å²) in [5.74, 6) is 2.87. The summed E-state index contributed by atoms with van der Waals surface area (Å²) in [6.45, 7) is 4.26. The van der Waals surface area contributed by atoms with E-state index in [4.69, 9.17) is 18.9 Å². The van der Waals surface area contributed by atoms with Gasteiger partial charge < -0.3 is 29.2 Å². The van der Waals surface area contributed by atoms with Gasteiger partial charge in [-0.1, -0.05) is 6.07 Å². The first-order valence-corrected chi connectivity index (χ1v) is 9.78. The number of nitrogens with zero attached hydrogens (tertiary/aromatic N) is 1. The Morgan fingerprint density at radius 1 is 1.03 bits per heavy atom. The maximum atomic E-state index is 12.9. The lowest BCUT2D eigenvalue weighted by molar-refractivity contribution is 0.171. The van der Waals surface area contributed by atoms with Crippen molar-refractivity contribution in [3.63, 3.8) is 0 Å². The summed E-state index contributed by atoms with van der Waals surface area (Å²) in [6.07, 6.45) is 0.779. The first kappa shape index (κ1) is 19.2. The van der Waals surface area contributed by atoms with Crippen LogP contribution in [0.25, 0.3) is 0 Å². The molecule has 0 saturated carbocycles. The Kier molecular flexibility index (Phi) is 5.38. The van der Waals surface area contributed by atoms with Crippen molar-refractivity contribution in [3.8, 4) is 23.0 Å². The summed E-state index contributed by atoms with van der Waals surface area (Å²) in [4.78, 5) is 14.7. The van der Waals surface area contributed by atoms with E-state index in [0.29, 0.717) is 32.1 Å². The fourth-order valence-electron chi connectivity index (χ4n) is 3.75. The Morgan fingerprint density at radius 3 is 2.45 bits per heavy atom. The van der Waals surface area contributed by atoms with Gasteiger partial charge >= 0.3 is 6.03 Å². The van der Waals surface area contributed by atoms with Crippen LogP contribution in [-0.4, -0.2) is 44.9 Å². The second-order valence-corrected chi connectivity index (χ2v) is 7.22. The van der Waals surface area contributed by atoms with Crippen molar-refractivity contribution < 1.29 is 23.7 Å². The molecule has 2 heterocycles. The Balaban J connectivity index is 1.44.